The predicted octanol–water partition coefficient (Wildman–Crippen LogP) is 4.62. The number of urea groups is 1. The van der Waals surface area contributed by atoms with Gasteiger partial charge in [0.2, 0.25) is 0 Å². The van der Waals surface area contributed by atoms with E-state index in [1.165, 1.54) is 29.0 Å². The Morgan fingerprint density at radius 3 is 2.60 bits per heavy atom. The molecule has 0 spiro atoms. The maximum Gasteiger partial charge on any atom is 0.317 e. The van der Waals surface area contributed by atoms with Crippen molar-refractivity contribution < 1.29 is 13.6 Å². The van der Waals surface area contributed by atoms with Crippen LogP contribution in [0.2, 0.25) is 0 Å². The summed E-state index contributed by atoms with van der Waals surface area (Å²) in [6, 6.07) is 13.5. The van der Waals surface area contributed by atoms with Crippen molar-refractivity contribution in [2.75, 3.05) is 19.6 Å². The van der Waals surface area contributed by atoms with Crippen LogP contribution in [0.4, 0.5) is 13.6 Å². The van der Waals surface area contributed by atoms with Crippen LogP contribution < -0.4 is 5.32 Å². The minimum Gasteiger partial charge on any atom is -0.338 e. The van der Waals surface area contributed by atoms with Gasteiger partial charge in [-0.3, -0.25) is 0 Å². The third-order valence-electron chi connectivity index (χ3n) is 5.27. The lowest BCUT2D eigenvalue weighted by molar-refractivity contribution is 0.181. The Hall–Kier alpha value is -2.87. The van der Waals surface area contributed by atoms with Gasteiger partial charge in [-0.05, 0) is 37.0 Å². The van der Waals surface area contributed by atoms with Gasteiger partial charge >= 0.3 is 6.03 Å². The molecule has 0 atom stereocenters. The van der Waals surface area contributed by atoms with E-state index in [9.17, 15) is 13.6 Å². The molecule has 0 saturated carbocycles. The fourth-order valence-electron chi connectivity index (χ4n) is 3.57. The average molecular weight is 429 g/mol. The number of nitrogens with zero attached hydrogens (tertiary/aromatic N) is 3. The number of piperidine rings is 1. The molecule has 8 heteroatoms. The Labute approximate surface area is 177 Å². The van der Waals surface area contributed by atoms with E-state index >= 15 is 0 Å². The highest BCUT2D eigenvalue weighted by Gasteiger charge is 2.26. The quantitative estimate of drug-likeness (QED) is 0.645. The average Bonchev–Trinajstić information content (AvgIpc) is 3.24. The van der Waals surface area contributed by atoms with E-state index in [1.807, 2.05) is 35.2 Å². The Morgan fingerprint density at radius 2 is 1.87 bits per heavy atom. The molecule has 0 aliphatic carbocycles. The van der Waals surface area contributed by atoms with E-state index < -0.39 is 11.6 Å². The molecule has 2 aromatic carbocycles. The first-order chi connectivity index (χ1) is 14.6. The summed E-state index contributed by atoms with van der Waals surface area (Å²) in [6.07, 6.45) is 2.37. The van der Waals surface area contributed by atoms with Gasteiger partial charge in [0.25, 0.3) is 0 Å². The van der Waals surface area contributed by atoms with Crippen LogP contribution in [-0.4, -0.2) is 40.8 Å². The summed E-state index contributed by atoms with van der Waals surface area (Å²) in [5.74, 6) is -1.07. The van der Waals surface area contributed by atoms with Crippen LogP contribution in [-0.2, 0) is 6.42 Å². The predicted molar refractivity (Wildman–Crippen MR) is 112 cm³/mol. The van der Waals surface area contributed by atoms with Gasteiger partial charge in [-0.15, -0.1) is 10.2 Å². The van der Waals surface area contributed by atoms with E-state index in [4.69, 9.17) is 0 Å². The fourth-order valence-corrected chi connectivity index (χ4v) is 4.61. The van der Waals surface area contributed by atoms with Crippen molar-refractivity contribution in [1.29, 1.82) is 0 Å². The van der Waals surface area contributed by atoms with Crippen LogP contribution in [0.5, 0.6) is 0 Å². The van der Waals surface area contributed by atoms with Crippen LogP contribution >= 0.6 is 11.3 Å². The molecule has 3 aromatic rings. The van der Waals surface area contributed by atoms with E-state index in [0.717, 1.165) is 30.3 Å². The molecular formula is C22H22F2N4OS. The number of nitrogens with one attached hydrogen (secondary N) is 1. The molecule has 0 radical (unpaired) electrons. The summed E-state index contributed by atoms with van der Waals surface area (Å²) in [4.78, 5) is 14.2. The highest BCUT2D eigenvalue weighted by Crippen LogP contribution is 2.34. The molecule has 2 heterocycles. The van der Waals surface area contributed by atoms with Crippen LogP contribution in [0.1, 0.15) is 29.3 Å². The van der Waals surface area contributed by atoms with Crippen LogP contribution in [0.3, 0.4) is 0 Å². The SMILES string of the molecule is O=C(NCCc1ccccc1)N1CCC(c2nnc(-c3ccc(F)cc3F)s2)CC1. The van der Waals surface area contributed by atoms with Crippen molar-refractivity contribution in [3.05, 3.63) is 70.7 Å². The zero-order chi connectivity index (χ0) is 20.9. The number of aromatic nitrogens is 2. The molecule has 1 N–H and O–H groups in total. The van der Waals surface area contributed by atoms with Crippen molar-refractivity contribution in [3.63, 3.8) is 0 Å². The number of likely N-dealkylation sites (tertiary alicyclic amines) is 1. The smallest absolute Gasteiger partial charge is 0.317 e. The summed E-state index contributed by atoms with van der Waals surface area (Å²) in [6.45, 7) is 1.88. The first-order valence-electron chi connectivity index (χ1n) is 9.95. The highest BCUT2D eigenvalue weighted by atomic mass is 32.1. The molecule has 1 fully saturated rings. The summed E-state index contributed by atoms with van der Waals surface area (Å²) in [5.41, 5.74) is 1.46. The maximum atomic E-state index is 14.0. The second-order valence-electron chi connectivity index (χ2n) is 7.30. The van der Waals surface area contributed by atoms with Crippen molar-refractivity contribution >= 4 is 17.4 Å². The molecule has 5 nitrogen and oxygen atoms in total. The molecule has 1 aromatic heterocycles. The number of hydrogen-bond acceptors (Lipinski definition) is 4. The largest absolute Gasteiger partial charge is 0.338 e. The molecule has 156 valence electrons. The van der Waals surface area contributed by atoms with Crippen molar-refractivity contribution in [1.82, 2.24) is 20.4 Å². The first-order valence-corrected chi connectivity index (χ1v) is 10.8. The molecular weight excluding hydrogens is 406 g/mol. The van der Waals surface area contributed by atoms with Crippen molar-refractivity contribution in [2.45, 2.75) is 25.2 Å². The lowest BCUT2D eigenvalue weighted by Crippen LogP contribution is -2.44. The zero-order valence-electron chi connectivity index (χ0n) is 16.4. The molecule has 2 amide bonds. The molecule has 1 aliphatic rings. The topological polar surface area (TPSA) is 58.1 Å². The lowest BCUT2D eigenvalue weighted by atomic mass is 9.98. The standard InChI is InChI=1S/C22H22F2N4OS/c23-17-6-7-18(19(24)14-17)21-27-26-20(30-21)16-9-12-28(13-10-16)22(29)25-11-8-15-4-2-1-3-5-15/h1-7,14,16H,8-13H2,(H,25,29). The third kappa shape index (κ3) is 4.81. The van der Waals surface area contributed by atoms with Gasteiger partial charge in [0.1, 0.15) is 16.6 Å². The van der Waals surface area contributed by atoms with Gasteiger partial charge in [-0.1, -0.05) is 41.7 Å². The molecule has 0 unspecified atom stereocenters. The van der Waals surface area contributed by atoms with E-state index in [1.54, 1.807) is 0 Å². The number of rotatable bonds is 5. The summed E-state index contributed by atoms with van der Waals surface area (Å²) in [5, 5.41) is 12.6. The zero-order valence-corrected chi connectivity index (χ0v) is 17.2. The number of amides is 2. The second kappa shape index (κ2) is 9.30. The van der Waals surface area contributed by atoms with Gasteiger partial charge in [0.05, 0.1) is 0 Å². The molecule has 1 saturated heterocycles. The Bertz CT molecular complexity index is 1000. The second-order valence-corrected chi connectivity index (χ2v) is 8.31. The summed E-state index contributed by atoms with van der Waals surface area (Å²) >= 11 is 1.33. The number of carbonyl (C=O) groups excluding carboxylic acids is 1. The van der Waals surface area contributed by atoms with Gasteiger partial charge in [-0.25, -0.2) is 13.6 Å². The van der Waals surface area contributed by atoms with Gasteiger partial charge in [0, 0.05) is 37.2 Å². The van der Waals surface area contributed by atoms with Crippen LogP contribution in [0.25, 0.3) is 10.6 Å². The van der Waals surface area contributed by atoms with Crippen molar-refractivity contribution in [2.24, 2.45) is 0 Å². The Balaban J connectivity index is 1.28. The molecule has 1 aliphatic heterocycles. The third-order valence-corrected chi connectivity index (χ3v) is 6.39. The Kier molecular flexibility index (Phi) is 6.32. The highest BCUT2D eigenvalue weighted by molar-refractivity contribution is 7.14. The van der Waals surface area contributed by atoms with Crippen LogP contribution in [0.15, 0.2) is 48.5 Å². The van der Waals surface area contributed by atoms with E-state index in [-0.39, 0.29) is 17.5 Å². The van der Waals surface area contributed by atoms with Crippen LogP contribution in [0, 0.1) is 11.6 Å². The first kappa shape index (κ1) is 20.4. The number of hydrogen-bond donors (Lipinski definition) is 1. The number of carbonyl (C=O) groups is 1. The number of halogens is 2. The normalized spacial score (nSPS) is 14.7. The summed E-state index contributed by atoms with van der Waals surface area (Å²) < 4.78 is 27.1. The molecule has 0 bridgehead atoms. The minimum atomic E-state index is -0.639. The van der Waals surface area contributed by atoms with Gasteiger partial charge in [-0.2, -0.15) is 0 Å². The molecule has 4 rings (SSSR count). The number of benzene rings is 2. The van der Waals surface area contributed by atoms with E-state index in [2.05, 4.69) is 15.5 Å². The van der Waals surface area contributed by atoms with Crippen molar-refractivity contribution in [3.8, 4) is 10.6 Å². The van der Waals surface area contributed by atoms with Gasteiger partial charge in [0.15, 0.2) is 5.01 Å². The van der Waals surface area contributed by atoms with Gasteiger partial charge < -0.3 is 10.2 Å². The summed E-state index contributed by atoms with van der Waals surface area (Å²) in [7, 11) is 0. The fraction of sp³-hybridized carbons (Fsp3) is 0.318. The minimum absolute atomic E-state index is 0.0456. The maximum absolute atomic E-state index is 14.0. The molecule has 30 heavy (non-hydrogen) atoms. The monoisotopic (exact) mass is 428 g/mol. The lowest BCUT2D eigenvalue weighted by Gasteiger charge is -2.31. The Morgan fingerprint density at radius 1 is 1.10 bits per heavy atom. The van der Waals surface area contributed by atoms with E-state index in [0.29, 0.717) is 24.6 Å².